The van der Waals surface area contributed by atoms with Gasteiger partial charge in [0.25, 0.3) is 11.4 Å². The van der Waals surface area contributed by atoms with Gasteiger partial charge in [-0.1, -0.05) is 39.5 Å². The van der Waals surface area contributed by atoms with Crippen molar-refractivity contribution in [3.8, 4) is 31.6 Å². The Hall–Kier alpha value is -3.50. The van der Waals surface area contributed by atoms with E-state index in [9.17, 15) is 5.26 Å². The van der Waals surface area contributed by atoms with Crippen molar-refractivity contribution >= 4 is 66.9 Å². The summed E-state index contributed by atoms with van der Waals surface area (Å²) < 4.78 is 2.47. The minimum Gasteiger partial charge on any atom is -0.227 e. The van der Waals surface area contributed by atoms with Crippen LogP contribution in [-0.4, -0.2) is 0 Å². The Morgan fingerprint density at radius 3 is 2.16 bits per heavy atom. The van der Waals surface area contributed by atoms with Crippen LogP contribution in [-0.2, 0) is 6.42 Å². The summed E-state index contributed by atoms with van der Waals surface area (Å²) >= 11 is 6.79. The van der Waals surface area contributed by atoms with Gasteiger partial charge in [0.2, 0.25) is 0 Å². The zero-order valence-corrected chi connectivity index (χ0v) is 24.3. The summed E-state index contributed by atoms with van der Waals surface area (Å²) in [6.07, 6.45) is 9.13. The lowest BCUT2D eigenvalue weighted by molar-refractivity contribution is 0.450. The minimum atomic E-state index is 0.0921. The van der Waals surface area contributed by atoms with E-state index >= 15 is 0 Å². The normalized spacial score (nSPS) is 12.6. The van der Waals surface area contributed by atoms with Crippen molar-refractivity contribution in [2.45, 2.75) is 46.0 Å². The van der Waals surface area contributed by atoms with E-state index < -0.39 is 0 Å². The molecule has 4 rings (SSSR count). The molecule has 1 unspecified atom stereocenters. The maximum atomic E-state index is 9.26. The number of nitrogens with zero attached hydrogens (tertiary/aromatic N) is 4. The van der Waals surface area contributed by atoms with Gasteiger partial charge in [0.15, 0.2) is 0 Å². The van der Waals surface area contributed by atoms with Crippen molar-refractivity contribution in [2.75, 3.05) is 0 Å². The molecule has 0 aliphatic heterocycles. The molecule has 1 atom stereocenters. The average molecular weight is 569 g/mol. The van der Waals surface area contributed by atoms with Gasteiger partial charge in [0.05, 0.1) is 25.3 Å². The molecule has 0 bridgehead atoms. The molecular weight excluding hydrogens is 545 g/mol. The SMILES string of the molecule is [C-]#[N+]/C(C#N)=C\c1cc(CC(CC)CCCC)c(-c2cc3sc(-c4ccc(/C=C(\C#N)[N+]#[C-])s4)cc3s2)s1. The van der Waals surface area contributed by atoms with Crippen LogP contribution in [0.15, 0.2) is 41.7 Å². The van der Waals surface area contributed by atoms with Gasteiger partial charge in [-0.05, 0) is 60.4 Å². The number of rotatable bonds is 10. The summed E-state index contributed by atoms with van der Waals surface area (Å²) in [4.78, 5) is 13.2. The lowest BCUT2D eigenvalue weighted by Crippen LogP contribution is -2.03. The summed E-state index contributed by atoms with van der Waals surface area (Å²) in [5.74, 6) is 0.621. The first-order valence-electron chi connectivity index (χ1n) is 12.3. The number of nitriles is 2. The molecule has 0 fully saturated rings. The van der Waals surface area contributed by atoms with Crippen LogP contribution in [0.4, 0.5) is 0 Å². The highest BCUT2D eigenvalue weighted by Gasteiger charge is 2.18. The predicted molar refractivity (Wildman–Crippen MR) is 164 cm³/mol. The van der Waals surface area contributed by atoms with Gasteiger partial charge in [0, 0.05) is 38.7 Å². The van der Waals surface area contributed by atoms with E-state index in [-0.39, 0.29) is 11.4 Å². The van der Waals surface area contributed by atoms with E-state index in [2.05, 4.69) is 41.7 Å². The fraction of sp³-hybridized carbons (Fsp3) is 0.267. The number of fused-ring (bicyclic) bond motifs is 1. The summed E-state index contributed by atoms with van der Waals surface area (Å²) in [5, 5.41) is 18.3. The number of hydrogen-bond donors (Lipinski definition) is 0. The van der Waals surface area contributed by atoms with Crippen molar-refractivity contribution in [3.63, 3.8) is 0 Å². The molecular formula is C30H24N4S4. The Bertz CT molecular complexity index is 1610. The highest BCUT2D eigenvalue weighted by molar-refractivity contribution is 7.33. The van der Waals surface area contributed by atoms with E-state index in [1.54, 1.807) is 57.5 Å². The van der Waals surface area contributed by atoms with Gasteiger partial charge in [-0.15, -0.1) is 45.3 Å². The van der Waals surface area contributed by atoms with Crippen LogP contribution in [0.25, 0.3) is 50.8 Å². The molecule has 4 aromatic rings. The van der Waals surface area contributed by atoms with Crippen molar-refractivity contribution in [2.24, 2.45) is 5.92 Å². The fourth-order valence-electron chi connectivity index (χ4n) is 4.22. The molecule has 0 aliphatic carbocycles. The lowest BCUT2D eigenvalue weighted by atomic mass is 9.92. The molecule has 0 aliphatic rings. The molecule has 4 heterocycles. The van der Waals surface area contributed by atoms with Crippen molar-refractivity contribution < 1.29 is 0 Å². The van der Waals surface area contributed by atoms with E-state index in [1.165, 1.54) is 48.9 Å². The Morgan fingerprint density at radius 1 is 0.868 bits per heavy atom. The summed E-state index contributed by atoms with van der Waals surface area (Å²) in [5.41, 5.74) is 1.51. The predicted octanol–water partition coefficient (Wildman–Crippen LogP) is 10.7. The standard InChI is InChI=1S/C30H24N4S4/c1-5-7-8-19(6-2)11-20-12-24(14-22(18-32)34-4)36-30(20)29-16-28-27(38-29)15-26(37-28)25-10-9-23(35-25)13-21(17-31)33-3/h9-10,12-16,19H,5-8,11H2,1-2H3/b21-13+,22-14-. The molecule has 0 saturated heterocycles. The number of hydrogen-bond acceptors (Lipinski definition) is 6. The Kier molecular flexibility index (Phi) is 9.30. The second kappa shape index (κ2) is 12.8. The Morgan fingerprint density at radius 2 is 1.53 bits per heavy atom. The monoisotopic (exact) mass is 568 g/mol. The maximum Gasteiger partial charge on any atom is 0.263 e. The van der Waals surface area contributed by atoms with Crippen LogP contribution in [0, 0.1) is 41.7 Å². The van der Waals surface area contributed by atoms with Crippen LogP contribution >= 0.6 is 45.3 Å². The first kappa shape index (κ1) is 27.5. The van der Waals surface area contributed by atoms with Gasteiger partial charge in [-0.2, -0.15) is 0 Å². The van der Waals surface area contributed by atoms with Crippen LogP contribution in [0.5, 0.6) is 0 Å². The molecule has 38 heavy (non-hydrogen) atoms. The summed E-state index contributed by atoms with van der Waals surface area (Å²) in [6, 6.07) is 14.6. The third-order valence-corrected chi connectivity index (χ3v) is 11.0. The lowest BCUT2D eigenvalue weighted by Gasteiger charge is -2.14. The molecule has 0 spiro atoms. The minimum absolute atomic E-state index is 0.0921. The second-order valence-electron chi connectivity index (χ2n) is 8.78. The van der Waals surface area contributed by atoms with Crippen LogP contribution in [0.3, 0.4) is 0 Å². The number of allylic oxidation sites excluding steroid dienone is 2. The van der Waals surface area contributed by atoms with E-state index in [0.29, 0.717) is 5.92 Å². The molecule has 8 heteroatoms. The van der Waals surface area contributed by atoms with Gasteiger partial charge in [-0.25, -0.2) is 20.2 Å². The molecule has 0 saturated carbocycles. The quantitative estimate of drug-likeness (QED) is 0.141. The van der Waals surface area contributed by atoms with Crippen LogP contribution in [0.1, 0.15) is 54.8 Å². The van der Waals surface area contributed by atoms with E-state index in [4.69, 9.17) is 18.4 Å². The van der Waals surface area contributed by atoms with E-state index in [1.807, 2.05) is 24.3 Å². The molecule has 0 amide bonds. The first-order valence-corrected chi connectivity index (χ1v) is 15.5. The molecule has 0 radical (unpaired) electrons. The highest BCUT2D eigenvalue weighted by Crippen LogP contribution is 2.46. The molecule has 188 valence electrons. The molecule has 0 aromatic carbocycles. The number of thiophene rings is 4. The first-order chi connectivity index (χ1) is 18.5. The Labute approximate surface area is 239 Å². The number of unbranched alkanes of at least 4 members (excludes halogenated alkanes) is 1. The van der Waals surface area contributed by atoms with Gasteiger partial charge in [-0.3, -0.25) is 0 Å². The topological polar surface area (TPSA) is 56.3 Å². The zero-order chi connectivity index (χ0) is 27.1. The van der Waals surface area contributed by atoms with Crippen LogP contribution < -0.4 is 0 Å². The smallest absolute Gasteiger partial charge is 0.227 e. The fourth-order valence-corrected chi connectivity index (χ4v) is 8.90. The van der Waals surface area contributed by atoms with Gasteiger partial charge < -0.3 is 0 Å². The zero-order valence-electron chi connectivity index (χ0n) is 21.1. The van der Waals surface area contributed by atoms with Crippen molar-refractivity contribution in [3.05, 3.63) is 79.9 Å². The maximum absolute atomic E-state index is 9.26. The molecule has 4 aromatic heterocycles. The van der Waals surface area contributed by atoms with Crippen molar-refractivity contribution in [1.82, 2.24) is 0 Å². The summed E-state index contributed by atoms with van der Waals surface area (Å²) in [6.45, 7) is 18.8. The molecule has 4 nitrogen and oxygen atoms in total. The van der Waals surface area contributed by atoms with Crippen molar-refractivity contribution in [1.29, 1.82) is 10.5 Å². The van der Waals surface area contributed by atoms with Gasteiger partial charge >= 0.3 is 0 Å². The largest absolute Gasteiger partial charge is 0.263 e. The average Bonchev–Trinajstić information content (AvgIpc) is 3.71. The third-order valence-electron chi connectivity index (χ3n) is 6.21. The molecule has 0 N–H and O–H groups in total. The highest BCUT2D eigenvalue weighted by atomic mass is 32.1. The third kappa shape index (κ3) is 6.31. The van der Waals surface area contributed by atoms with Gasteiger partial charge in [0.1, 0.15) is 0 Å². The second-order valence-corrected chi connectivity index (χ2v) is 13.1. The Balaban J connectivity index is 1.68. The van der Waals surface area contributed by atoms with E-state index in [0.717, 1.165) is 27.5 Å². The summed E-state index contributed by atoms with van der Waals surface area (Å²) in [7, 11) is 0. The van der Waals surface area contributed by atoms with Crippen LogP contribution in [0.2, 0.25) is 0 Å².